The number of hydrogen-bond donors (Lipinski definition) is 3. The number of aliphatic imine (C=N–C) groups is 1. The maximum atomic E-state index is 12.5. The van der Waals surface area contributed by atoms with Gasteiger partial charge in [0, 0.05) is 23.7 Å². The molecular weight excluding hydrogens is 436 g/mol. The van der Waals surface area contributed by atoms with Gasteiger partial charge in [-0.05, 0) is 58.7 Å². The zero-order valence-electron chi connectivity index (χ0n) is 19.0. The molecule has 0 spiro atoms. The smallest absolute Gasteiger partial charge is 0.251 e. The number of nitrogens with one attached hydrogen (secondary N) is 1. The fraction of sp³-hybridized carbons (Fsp3) is 0.0714. The topological polar surface area (TPSA) is 119 Å². The van der Waals surface area contributed by atoms with Crippen molar-refractivity contribution in [3.05, 3.63) is 102 Å². The summed E-state index contributed by atoms with van der Waals surface area (Å²) in [5.41, 5.74) is 15.8. The number of nitrogens with two attached hydrogens (primary N) is 2. The van der Waals surface area contributed by atoms with E-state index in [2.05, 4.69) is 20.3 Å². The maximum Gasteiger partial charge on any atom is 0.251 e. The molecule has 0 fully saturated rings. The highest BCUT2D eigenvalue weighted by Crippen LogP contribution is 2.24. The van der Waals surface area contributed by atoms with Crippen LogP contribution in [0.25, 0.3) is 21.7 Å². The number of benzene rings is 4. The van der Waals surface area contributed by atoms with Crippen molar-refractivity contribution in [2.45, 2.75) is 6.42 Å². The van der Waals surface area contributed by atoms with E-state index >= 15 is 0 Å². The van der Waals surface area contributed by atoms with Crippen molar-refractivity contribution in [2.24, 2.45) is 4.99 Å². The Kier molecular flexibility index (Phi) is 6.05. The minimum atomic E-state index is -0.0661. The van der Waals surface area contributed by atoms with Crippen LogP contribution in [0.15, 0.2) is 89.9 Å². The first-order chi connectivity index (χ1) is 17.0. The van der Waals surface area contributed by atoms with Gasteiger partial charge in [0.15, 0.2) is 0 Å². The van der Waals surface area contributed by atoms with Crippen molar-refractivity contribution < 1.29 is 4.79 Å². The highest BCUT2D eigenvalue weighted by Gasteiger charge is 2.06. The summed E-state index contributed by atoms with van der Waals surface area (Å²) < 4.78 is 0. The monoisotopic (exact) mass is 460 g/mol. The Labute approximate surface area is 202 Å². The van der Waals surface area contributed by atoms with Crippen LogP contribution in [0.5, 0.6) is 0 Å². The molecule has 1 amide bonds. The second-order valence-corrected chi connectivity index (χ2v) is 8.24. The van der Waals surface area contributed by atoms with Crippen LogP contribution >= 0.6 is 0 Å². The number of nitrogens with zero attached hydrogens (tertiary/aromatic N) is 3. The van der Waals surface area contributed by atoms with Crippen LogP contribution in [0, 0.1) is 0 Å². The molecule has 0 atom stereocenters. The lowest BCUT2D eigenvalue weighted by atomic mass is 10.1. The SMILES string of the molecule is Nc1nc(N)c2cc(N=Cc3ccc(CCNC(=O)c4ccc5ccccc5c4)cc3)ccc2n1. The summed E-state index contributed by atoms with van der Waals surface area (Å²) in [5, 5.41) is 5.90. The van der Waals surface area contributed by atoms with E-state index < -0.39 is 0 Å². The van der Waals surface area contributed by atoms with Crippen molar-refractivity contribution >= 4 is 51.3 Å². The zero-order valence-corrected chi connectivity index (χ0v) is 19.0. The third kappa shape index (κ3) is 5.09. The van der Waals surface area contributed by atoms with Gasteiger partial charge in [-0.25, -0.2) is 4.98 Å². The van der Waals surface area contributed by atoms with Crippen molar-refractivity contribution in [3.63, 3.8) is 0 Å². The molecule has 5 rings (SSSR count). The second-order valence-electron chi connectivity index (χ2n) is 8.24. The lowest BCUT2D eigenvalue weighted by Gasteiger charge is -2.07. The van der Waals surface area contributed by atoms with Crippen LogP contribution < -0.4 is 16.8 Å². The van der Waals surface area contributed by atoms with Gasteiger partial charge in [0.25, 0.3) is 5.91 Å². The van der Waals surface area contributed by atoms with Crippen LogP contribution in [-0.2, 0) is 6.42 Å². The Morgan fingerprint density at radius 2 is 1.69 bits per heavy atom. The molecule has 0 aliphatic rings. The summed E-state index contributed by atoms with van der Waals surface area (Å²) in [6.45, 7) is 0.560. The van der Waals surface area contributed by atoms with Crippen LogP contribution in [0.1, 0.15) is 21.5 Å². The molecule has 5 aromatic rings. The second kappa shape index (κ2) is 9.61. The normalized spacial score (nSPS) is 11.3. The van der Waals surface area contributed by atoms with E-state index in [4.69, 9.17) is 11.5 Å². The van der Waals surface area contributed by atoms with E-state index in [-0.39, 0.29) is 11.9 Å². The van der Waals surface area contributed by atoms with Gasteiger partial charge >= 0.3 is 0 Å². The maximum absolute atomic E-state index is 12.5. The van der Waals surface area contributed by atoms with E-state index in [0.717, 1.165) is 39.4 Å². The summed E-state index contributed by atoms with van der Waals surface area (Å²) in [7, 11) is 0. The Hall–Kier alpha value is -4.78. The van der Waals surface area contributed by atoms with Gasteiger partial charge in [-0.15, -0.1) is 0 Å². The number of carbonyl (C=O) groups excluding carboxylic acids is 1. The Bertz CT molecular complexity index is 1560. The molecule has 1 aromatic heterocycles. The van der Waals surface area contributed by atoms with Crippen LogP contribution in [0.4, 0.5) is 17.5 Å². The van der Waals surface area contributed by atoms with Crippen LogP contribution in [0.3, 0.4) is 0 Å². The van der Waals surface area contributed by atoms with E-state index in [1.165, 1.54) is 0 Å². The largest absolute Gasteiger partial charge is 0.383 e. The van der Waals surface area contributed by atoms with Gasteiger partial charge in [-0.1, -0.05) is 54.6 Å². The van der Waals surface area contributed by atoms with Gasteiger partial charge in [0.05, 0.1) is 11.2 Å². The van der Waals surface area contributed by atoms with Crippen molar-refractivity contribution in [2.75, 3.05) is 18.0 Å². The molecule has 0 aliphatic carbocycles. The molecule has 4 aromatic carbocycles. The van der Waals surface area contributed by atoms with Crippen molar-refractivity contribution in [1.82, 2.24) is 15.3 Å². The lowest BCUT2D eigenvalue weighted by molar-refractivity contribution is 0.0954. The average molecular weight is 461 g/mol. The third-order valence-electron chi connectivity index (χ3n) is 5.78. The number of hydrogen-bond acceptors (Lipinski definition) is 6. The molecule has 0 radical (unpaired) electrons. The lowest BCUT2D eigenvalue weighted by Crippen LogP contribution is -2.25. The van der Waals surface area contributed by atoms with Gasteiger partial charge in [0.2, 0.25) is 5.95 Å². The number of nitrogen functional groups attached to an aromatic ring is 2. The van der Waals surface area contributed by atoms with Gasteiger partial charge in [0.1, 0.15) is 5.82 Å². The first kappa shape index (κ1) is 22.0. The molecule has 0 aliphatic heterocycles. The molecule has 0 bridgehead atoms. The number of rotatable bonds is 6. The molecule has 5 N–H and O–H groups in total. The predicted molar refractivity (Wildman–Crippen MR) is 142 cm³/mol. The molecule has 7 heteroatoms. The minimum Gasteiger partial charge on any atom is -0.383 e. The third-order valence-corrected chi connectivity index (χ3v) is 5.78. The number of aromatic nitrogens is 2. The Morgan fingerprint density at radius 1 is 0.886 bits per heavy atom. The van der Waals surface area contributed by atoms with Crippen LogP contribution in [0.2, 0.25) is 0 Å². The first-order valence-electron chi connectivity index (χ1n) is 11.3. The van der Waals surface area contributed by atoms with Crippen LogP contribution in [-0.4, -0.2) is 28.6 Å². The van der Waals surface area contributed by atoms with Crippen molar-refractivity contribution in [1.29, 1.82) is 0 Å². The van der Waals surface area contributed by atoms with E-state index in [0.29, 0.717) is 23.4 Å². The van der Waals surface area contributed by atoms with E-state index in [9.17, 15) is 4.79 Å². The first-order valence-corrected chi connectivity index (χ1v) is 11.3. The van der Waals surface area contributed by atoms with Gasteiger partial charge < -0.3 is 16.8 Å². The molecule has 1 heterocycles. The summed E-state index contributed by atoms with van der Waals surface area (Å²) in [5.74, 6) is 0.421. The fourth-order valence-corrected chi connectivity index (χ4v) is 3.91. The summed E-state index contributed by atoms with van der Waals surface area (Å²) in [4.78, 5) is 25.2. The number of carbonyl (C=O) groups is 1. The van der Waals surface area contributed by atoms with Gasteiger partial charge in [-0.2, -0.15) is 4.98 Å². The Balaban J connectivity index is 1.18. The number of fused-ring (bicyclic) bond motifs is 2. The molecule has 0 saturated heterocycles. The molecule has 35 heavy (non-hydrogen) atoms. The summed E-state index contributed by atoms with van der Waals surface area (Å²) in [6, 6.07) is 27.4. The summed E-state index contributed by atoms with van der Waals surface area (Å²) in [6.07, 6.45) is 2.53. The number of anilines is 2. The fourth-order valence-electron chi connectivity index (χ4n) is 3.91. The van der Waals surface area contributed by atoms with Gasteiger partial charge in [-0.3, -0.25) is 9.79 Å². The highest BCUT2D eigenvalue weighted by molar-refractivity contribution is 5.98. The highest BCUT2D eigenvalue weighted by atomic mass is 16.1. The molecular formula is C28H24N6O. The minimum absolute atomic E-state index is 0.0661. The average Bonchev–Trinajstić information content (AvgIpc) is 2.88. The van der Waals surface area contributed by atoms with E-state index in [1.54, 1.807) is 6.21 Å². The molecule has 0 unspecified atom stereocenters. The molecule has 0 saturated carbocycles. The van der Waals surface area contributed by atoms with E-state index in [1.807, 2.05) is 84.9 Å². The Morgan fingerprint density at radius 3 is 2.51 bits per heavy atom. The summed E-state index contributed by atoms with van der Waals surface area (Å²) >= 11 is 0. The zero-order chi connectivity index (χ0) is 24.2. The number of amides is 1. The van der Waals surface area contributed by atoms with Crippen molar-refractivity contribution in [3.8, 4) is 0 Å². The quantitative estimate of drug-likeness (QED) is 0.318. The molecule has 7 nitrogen and oxygen atoms in total. The predicted octanol–water partition coefficient (Wildman–Crippen LogP) is 4.67. The molecule has 172 valence electrons. The standard InChI is InChI=1S/C28H24N6O/c29-26-24-16-23(11-12-25(24)33-28(30)34-26)32-17-19-7-5-18(6-8-19)13-14-31-27(35)22-10-9-20-3-1-2-4-21(20)15-22/h1-12,15-17H,13-14H2,(H,31,35)(H4,29,30,33,34).